The highest BCUT2D eigenvalue weighted by molar-refractivity contribution is 5.90. The van der Waals surface area contributed by atoms with Gasteiger partial charge in [0.15, 0.2) is 0 Å². The average Bonchev–Trinajstić information content (AvgIpc) is 2.26. The summed E-state index contributed by atoms with van der Waals surface area (Å²) < 4.78 is 37.4. The molecule has 0 saturated heterocycles. The summed E-state index contributed by atoms with van der Waals surface area (Å²) in [5, 5.41) is 13.7. The predicted molar refractivity (Wildman–Crippen MR) is 63.4 cm³/mol. The summed E-state index contributed by atoms with van der Waals surface area (Å²) in [6.45, 7) is 3.47. The van der Waals surface area contributed by atoms with Crippen molar-refractivity contribution in [3.8, 4) is 6.07 Å². The van der Waals surface area contributed by atoms with Gasteiger partial charge in [0, 0.05) is 6.04 Å². The molecule has 1 aromatic rings. The SMILES string of the molecule is CC(C)NC(=O)Nc1ccc(C(F)(F)F)cc1C#N. The minimum atomic E-state index is -4.52. The van der Waals surface area contributed by atoms with E-state index in [9.17, 15) is 18.0 Å². The van der Waals surface area contributed by atoms with Gasteiger partial charge in [0.1, 0.15) is 6.07 Å². The Morgan fingerprint density at radius 2 is 2.00 bits per heavy atom. The maximum absolute atomic E-state index is 12.5. The molecule has 2 amide bonds. The van der Waals surface area contributed by atoms with E-state index in [1.165, 1.54) is 0 Å². The zero-order chi connectivity index (χ0) is 14.6. The molecule has 102 valence electrons. The minimum Gasteiger partial charge on any atom is -0.336 e. The Morgan fingerprint density at radius 3 is 2.47 bits per heavy atom. The second kappa shape index (κ2) is 5.61. The highest BCUT2D eigenvalue weighted by atomic mass is 19.4. The molecule has 0 heterocycles. The van der Waals surface area contributed by atoms with Gasteiger partial charge in [-0.1, -0.05) is 0 Å². The average molecular weight is 271 g/mol. The van der Waals surface area contributed by atoms with Crippen LogP contribution in [0.2, 0.25) is 0 Å². The van der Waals surface area contributed by atoms with Gasteiger partial charge in [-0.2, -0.15) is 18.4 Å². The van der Waals surface area contributed by atoms with Crippen molar-refractivity contribution in [2.75, 3.05) is 5.32 Å². The number of alkyl halides is 3. The van der Waals surface area contributed by atoms with Crippen molar-refractivity contribution >= 4 is 11.7 Å². The molecule has 0 saturated carbocycles. The molecule has 0 atom stereocenters. The number of amides is 2. The molecule has 1 rings (SSSR count). The van der Waals surface area contributed by atoms with E-state index in [1.54, 1.807) is 19.9 Å². The lowest BCUT2D eigenvalue weighted by Gasteiger charge is -2.12. The van der Waals surface area contributed by atoms with Crippen LogP contribution in [0.4, 0.5) is 23.7 Å². The number of rotatable bonds is 2. The molecule has 0 aliphatic carbocycles. The van der Waals surface area contributed by atoms with Crippen LogP contribution in [-0.2, 0) is 6.18 Å². The van der Waals surface area contributed by atoms with Crippen LogP contribution in [0.15, 0.2) is 18.2 Å². The van der Waals surface area contributed by atoms with Crippen molar-refractivity contribution in [3.63, 3.8) is 0 Å². The summed E-state index contributed by atoms with van der Waals surface area (Å²) >= 11 is 0. The zero-order valence-electron chi connectivity index (χ0n) is 10.3. The van der Waals surface area contributed by atoms with Crippen molar-refractivity contribution < 1.29 is 18.0 Å². The first kappa shape index (κ1) is 14.8. The molecule has 19 heavy (non-hydrogen) atoms. The van der Waals surface area contributed by atoms with Crippen LogP contribution in [0.25, 0.3) is 0 Å². The highest BCUT2D eigenvalue weighted by Gasteiger charge is 2.31. The van der Waals surface area contributed by atoms with Gasteiger partial charge in [0.05, 0.1) is 16.8 Å². The molecule has 1 aromatic carbocycles. The van der Waals surface area contributed by atoms with Crippen LogP contribution in [0.5, 0.6) is 0 Å². The van der Waals surface area contributed by atoms with Crippen molar-refractivity contribution in [2.45, 2.75) is 26.1 Å². The van der Waals surface area contributed by atoms with E-state index < -0.39 is 17.8 Å². The number of hydrogen-bond donors (Lipinski definition) is 2. The third-order valence-electron chi connectivity index (χ3n) is 2.14. The highest BCUT2D eigenvalue weighted by Crippen LogP contribution is 2.31. The van der Waals surface area contributed by atoms with E-state index in [0.29, 0.717) is 6.07 Å². The van der Waals surface area contributed by atoms with Crippen molar-refractivity contribution in [1.82, 2.24) is 5.32 Å². The number of hydrogen-bond acceptors (Lipinski definition) is 2. The van der Waals surface area contributed by atoms with E-state index >= 15 is 0 Å². The Kier molecular flexibility index (Phi) is 4.38. The standard InChI is InChI=1S/C12H12F3N3O/c1-7(2)17-11(19)18-10-4-3-9(12(13,14)15)5-8(10)6-16/h3-5,7H,1-2H3,(H2,17,18,19). The van der Waals surface area contributed by atoms with E-state index in [1.807, 2.05) is 0 Å². The zero-order valence-corrected chi connectivity index (χ0v) is 10.3. The topological polar surface area (TPSA) is 64.9 Å². The number of nitrogens with zero attached hydrogens (tertiary/aromatic N) is 1. The van der Waals surface area contributed by atoms with Crippen LogP contribution in [-0.4, -0.2) is 12.1 Å². The molecule has 2 N–H and O–H groups in total. The number of nitriles is 1. The third kappa shape index (κ3) is 4.17. The maximum atomic E-state index is 12.5. The fraction of sp³-hybridized carbons (Fsp3) is 0.333. The van der Waals surface area contributed by atoms with Crippen molar-refractivity contribution in [1.29, 1.82) is 5.26 Å². The Labute approximate surface area is 108 Å². The molecule has 4 nitrogen and oxygen atoms in total. The summed E-state index contributed by atoms with van der Waals surface area (Å²) in [6.07, 6.45) is -4.52. The molecule has 0 aliphatic heterocycles. The van der Waals surface area contributed by atoms with Crippen molar-refractivity contribution in [2.24, 2.45) is 0 Å². The summed E-state index contributed by atoms with van der Waals surface area (Å²) in [7, 11) is 0. The van der Waals surface area contributed by atoms with Crippen LogP contribution in [0.3, 0.4) is 0 Å². The Balaban J connectivity index is 2.98. The van der Waals surface area contributed by atoms with Gasteiger partial charge in [-0.25, -0.2) is 4.79 Å². The van der Waals surface area contributed by atoms with Gasteiger partial charge in [0.2, 0.25) is 0 Å². The van der Waals surface area contributed by atoms with E-state index in [-0.39, 0.29) is 17.3 Å². The van der Waals surface area contributed by atoms with Crippen molar-refractivity contribution in [3.05, 3.63) is 29.3 Å². The van der Waals surface area contributed by atoms with Crippen LogP contribution >= 0.6 is 0 Å². The van der Waals surface area contributed by atoms with Gasteiger partial charge in [-0.15, -0.1) is 0 Å². The first-order valence-electron chi connectivity index (χ1n) is 5.43. The summed E-state index contributed by atoms with van der Waals surface area (Å²) in [6, 6.07) is 3.49. The third-order valence-corrected chi connectivity index (χ3v) is 2.14. The lowest BCUT2D eigenvalue weighted by molar-refractivity contribution is -0.137. The lowest BCUT2D eigenvalue weighted by Crippen LogP contribution is -2.34. The van der Waals surface area contributed by atoms with E-state index in [2.05, 4.69) is 10.6 Å². The monoisotopic (exact) mass is 271 g/mol. The predicted octanol–water partition coefficient (Wildman–Crippen LogP) is 3.11. The second-order valence-electron chi connectivity index (χ2n) is 4.12. The fourth-order valence-corrected chi connectivity index (χ4v) is 1.34. The van der Waals surface area contributed by atoms with Crippen LogP contribution < -0.4 is 10.6 Å². The quantitative estimate of drug-likeness (QED) is 0.868. The number of anilines is 1. The number of halogens is 3. The number of nitrogens with one attached hydrogen (secondary N) is 2. The van der Waals surface area contributed by atoms with E-state index in [0.717, 1.165) is 12.1 Å². The maximum Gasteiger partial charge on any atom is 0.416 e. The van der Waals surface area contributed by atoms with Gasteiger partial charge >= 0.3 is 12.2 Å². The molecular weight excluding hydrogens is 259 g/mol. The second-order valence-corrected chi connectivity index (χ2v) is 4.12. The smallest absolute Gasteiger partial charge is 0.336 e. The largest absolute Gasteiger partial charge is 0.416 e. The minimum absolute atomic E-state index is 0.0358. The molecule has 0 fully saturated rings. The Hall–Kier alpha value is -2.23. The van der Waals surface area contributed by atoms with Gasteiger partial charge < -0.3 is 10.6 Å². The molecule has 0 aliphatic rings. The molecule has 0 bridgehead atoms. The summed E-state index contributed by atoms with van der Waals surface area (Å²) in [5.74, 6) is 0. The van der Waals surface area contributed by atoms with Gasteiger partial charge in [0.25, 0.3) is 0 Å². The summed E-state index contributed by atoms with van der Waals surface area (Å²) in [5.41, 5.74) is -1.14. The molecule has 7 heteroatoms. The Bertz CT molecular complexity index is 518. The Morgan fingerprint density at radius 1 is 1.37 bits per heavy atom. The van der Waals surface area contributed by atoms with Crippen LogP contribution in [0, 0.1) is 11.3 Å². The fourth-order valence-electron chi connectivity index (χ4n) is 1.34. The first-order valence-corrected chi connectivity index (χ1v) is 5.43. The lowest BCUT2D eigenvalue weighted by atomic mass is 10.1. The number of urea groups is 1. The molecule has 0 unspecified atom stereocenters. The molecule has 0 aromatic heterocycles. The van der Waals surface area contributed by atoms with Gasteiger partial charge in [-0.05, 0) is 32.0 Å². The molecule has 0 radical (unpaired) electrons. The number of carbonyl (C=O) groups excluding carboxylic acids is 1. The van der Waals surface area contributed by atoms with Gasteiger partial charge in [-0.3, -0.25) is 0 Å². The summed E-state index contributed by atoms with van der Waals surface area (Å²) in [4.78, 5) is 11.4. The first-order chi connectivity index (χ1) is 8.74. The van der Waals surface area contributed by atoms with E-state index in [4.69, 9.17) is 5.26 Å². The van der Waals surface area contributed by atoms with Crippen LogP contribution in [0.1, 0.15) is 25.0 Å². The normalized spacial score (nSPS) is 11.0. The molecule has 0 spiro atoms. The number of benzene rings is 1. The molecular formula is C12H12F3N3O. The number of carbonyl (C=O) groups is 1.